The van der Waals surface area contributed by atoms with Crippen LogP contribution in [0.25, 0.3) is 10.9 Å². The van der Waals surface area contributed by atoms with Gasteiger partial charge in [0.25, 0.3) is 5.91 Å². The maximum Gasteiger partial charge on any atom is 0.328 e. The number of aromatic amines is 1. The highest BCUT2D eigenvalue weighted by atomic mass is 19.1. The normalized spacial score (nSPS) is 23.4. The zero-order chi connectivity index (χ0) is 26.6. The van der Waals surface area contributed by atoms with Gasteiger partial charge >= 0.3 is 6.03 Å². The number of urea groups is 1. The molecule has 2 saturated heterocycles. The standard InChI is InChI=1S/C29H33FN4O4/c1-29-17-20-24-21(9-10-23(38-2)25(24)30)31-26(20)22(16-18-7-5-8-19(35)15-18)34(29)28(37)33(27(29)36)14-6-13-32-11-3-4-12-32/h5,7-10,15,22,31,35H,3-4,6,11-14,16-17H2,1-2H3/t22?,29-/m0/s1. The fourth-order valence-electron chi connectivity index (χ4n) is 6.63. The number of carbonyl (C=O) groups excluding carboxylic acids is 2. The van der Waals surface area contributed by atoms with E-state index in [0.717, 1.165) is 31.6 Å². The van der Waals surface area contributed by atoms with E-state index in [9.17, 15) is 14.7 Å². The lowest BCUT2D eigenvalue weighted by Gasteiger charge is -2.42. The van der Waals surface area contributed by atoms with Crippen LogP contribution in [0.2, 0.25) is 0 Å². The van der Waals surface area contributed by atoms with Crippen molar-refractivity contribution in [2.45, 2.75) is 50.6 Å². The zero-order valence-electron chi connectivity index (χ0n) is 21.8. The van der Waals surface area contributed by atoms with Gasteiger partial charge in [-0.3, -0.25) is 9.69 Å². The number of methoxy groups -OCH3 is 1. The van der Waals surface area contributed by atoms with Gasteiger partial charge in [-0.2, -0.15) is 0 Å². The maximum atomic E-state index is 15.6. The molecule has 2 aromatic carbocycles. The molecular formula is C29H33FN4O4. The number of H-pyrrole nitrogens is 1. The molecule has 2 fully saturated rings. The number of amides is 3. The SMILES string of the molecule is COc1ccc2[nH]c3c(c2c1F)C[C@@]1(C)C(=O)N(CCCN2CCCC2)C(=O)N1C3Cc1cccc(O)c1. The summed E-state index contributed by atoms with van der Waals surface area (Å²) in [5, 5.41) is 10.5. The van der Waals surface area contributed by atoms with Gasteiger partial charge in [-0.05, 0) is 87.6 Å². The third kappa shape index (κ3) is 3.83. The highest BCUT2D eigenvalue weighted by Crippen LogP contribution is 2.48. The number of ether oxygens (including phenoxy) is 1. The summed E-state index contributed by atoms with van der Waals surface area (Å²) in [4.78, 5) is 36.6. The Morgan fingerprint density at radius 2 is 1.95 bits per heavy atom. The van der Waals surface area contributed by atoms with E-state index < -0.39 is 17.4 Å². The number of benzene rings is 2. The molecule has 0 saturated carbocycles. The first-order chi connectivity index (χ1) is 18.3. The average Bonchev–Trinajstić information content (AvgIpc) is 3.58. The Labute approximate surface area is 221 Å². The number of aromatic nitrogens is 1. The fraction of sp³-hybridized carbons (Fsp3) is 0.448. The summed E-state index contributed by atoms with van der Waals surface area (Å²) < 4.78 is 20.8. The Morgan fingerprint density at radius 1 is 1.16 bits per heavy atom. The van der Waals surface area contributed by atoms with Gasteiger partial charge in [0.15, 0.2) is 11.6 Å². The second kappa shape index (κ2) is 9.31. The summed E-state index contributed by atoms with van der Waals surface area (Å²) >= 11 is 0. The van der Waals surface area contributed by atoms with Crippen molar-refractivity contribution in [3.8, 4) is 11.5 Å². The zero-order valence-corrected chi connectivity index (χ0v) is 21.8. The van der Waals surface area contributed by atoms with Crippen molar-refractivity contribution in [2.24, 2.45) is 0 Å². The molecule has 200 valence electrons. The summed E-state index contributed by atoms with van der Waals surface area (Å²) in [5.74, 6) is -0.460. The van der Waals surface area contributed by atoms with E-state index in [2.05, 4.69) is 9.88 Å². The quantitative estimate of drug-likeness (QED) is 0.452. The number of imide groups is 1. The molecule has 0 spiro atoms. The summed E-state index contributed by atoms with van der Waals surface area (Å²) in [7, 11) is 1.43. The number of phenols is 1. The number of halogens is 1. The van der Waals surface area contributed by atoms with Crippen LogP contribution in [0.15, 0.2) is 36.4 Å². The predicted molar refractivity (Wildman–Crippen MR) is 141 cm³/mol. The lowest BCUT2D eigenvalue weighted by molar-refractivity contribution is -0.133. The molecule has 0 bridgehead atoms. The highest BCUT2D eigenvalue weighted by molar-refractivity contribution is 6.08. The van der Waals surface area contributed by atoms with Crippen LogP contribution < -0.4 is 4.74 Å². The number of hydrogen-bond acceptors (Lipinski definition) is 5. The van der Waals surface area contributed by atoms with E-state index in [4.69, 9.17) is 4.74 Å². The van der Waals surface area contributed by atoms with Crippen molar-refractivity contribution < 1.29 is 23.8 Å². The molecule has 4 heterocycles. The summed E-state index contributed by atoms with van der Waals surface area (Å²) in [6, 6.07) is 9.38. The first kappa shape index (κ1) is 24.7. The van der Waals surface area contributed by atoms with Gasteiger partial charge in [0, 0.05) is 29.6 Å². The number of carbonyl (C=O) groups is 2. The number of rotatable bonds is 7. The third-order valence-corrected chi connectivity index (χ3v) is 8.46. The number of fused-ring (bicyclic) bond motifs is 4. The number of aromatic hydroxyl groups is 1. The summed E-state index contributed by atoms with van der Waals surface area (Å²) in [5.41, 5.74) is 1.67. The minimum absolute atomic E-state index is 0.126. The molecule has 3 amide bonds. The average molecular weight is 521 g/mol. The Balaban J connectivity index is 1.41. The van der Waals surface area contributed by atoms with Gasteiger partial charge in [0.2, 0.25) is 0 Å². The molecular weight excluding hydrogens is 487 g/mol. The molecule has 1 aromatic heterocycles. The lowest BCUT2D eigenvalue weighted by Crippen LogP contribution is -2.53. The van der Waals surface area contributed by atoms with Crippen LogP contribution >= 0.6 is 0 Å². The largest absolute Gasteiger partial charge is 0.508 e. The van der Waals surface area contributed by atoms with Crippen molar-refractivity contribution >= 4 is 22.8 Å². The van der Waals surface area contributed by atoms with Crippen molar-refractivity contribution in [1.29, 1.82) is 0 Å². The Morgan fingerprint density at radius 3 is 2.68 bits per heavy atom. The van der Waals surface area contributed by atoms with E-state index >= 15 is 4.39 Å². The molecule has 0 radical (unpaired) electrons. The summed E-state index contributed by atoms with van der Waals surface area (Å²) in [6.45, 7) is 5.14. The summed E-state index contributed by atoms with van der Waals surface area (Å²) in [6.07, 6.45) is 3.67. The molecule has 3 aliphatic heterocycles. The first-order valence-corrected chi connectivity index (χ1v) is 13.3. The molecule has 0 aliphatic carbocycles. The Hall–Kier alpha value is -3.59. The molecule has 2 atom stereocenters. The topological polar surface area (TPSA) is 89.1 Å². The van der Waals surface area contributed by atoms with Crippen LogP contribution in [-0.2, 0) is 17.6 Å². The van der Waals surface area contributed by atoms with Crippen LogP contribution in [0.5, 0.6) is 11.5 Å². The molecule has 3 aliphatic rings. The van der Waals surface area contributed by atoms with E-state index in [0.29, 0.717) is 35.1 Å². The van der Waals surface area contributed by atoms with Crippen LogP contribution in [0.1, 0.15) is 49.0 Å². The first-order valence-electron chi connectivity index (χ1n) is 13.3. The number of hydrogen-bond donors (Lipinski definition) is 2. The van der Waals surface area contributed by atoms with Crippen molar-refractivity contribution in [3.05, 3.63) is 59.0 Å². The molecule has 3 aromatic rings. The number of phenolic OH excluding ortho intramolecular Hbond substituents is 1. The number of nitrogens with zero attached hydrogens (tertiary/aromatic N) is 3. The fourth-order valence-corrected chi connectivity index (χ4v) is 6.63. The van der Waals surface area contributed by atoms with Gasteiger partial charge in [-0.1, -0.05) is 12.1 Å². The van der Waals surface area contributed by atoms with Gasteiger partial charge in [-0.25, -0.2) is 9.18 Å². The van der Waals surface area contributed by atoms with Gasteiger partial charge in [-0.15, -0.1) is 0 Å². The van der Waals surface area contributed by atoms with E-state index in [-0.39, 0.29) is 29.9 Å². The van der Waals surface area contributed by atoms with Gasteiger partial charge < -0.3 is 24.6 Å². The van der Waals surface area contributed by atoms with Crippen molar-refractivity contribution in [3.63, 3.8) is 0 Å². The predicted octanol–water partition coefficient (Wildman–Crippen LogP) is 4.37. The van der Waals surface area contributed by atoms with Gasteiger partial charge in [0.1, 0.15) is 11.3 Å². The highest BCUT2D eigenvalue weighted by Gasteiger charge is 2.59. The third-order valence-electron chi connectivity index (χ3n) is 8.46. The van der Waals surface area contributed by atoms with E-state index in [1.807, 2.05) is 6.07 Å². The van der Waals surface area contributed by atoms with Crippen LogP contribution in [0.4, 0.5) is 9.18 Å². The van der Waals surface area contributed by atoms with Crippen molar-refractivity contribution in [1.82, 2.24) is 19.7 Å². The van der Waals surface area contributed by atoms with Crippen LogP contribution in [0.3, 0.4) is 0 Å². The maximum absolute atomic E-state index is 15.6. The Kier molecular flexibility index (Phi) is 6.06. The molecule has 1 unspecified atom stereocenters. The van der Waals surface area contributed by atoms with E-state index in [1.165, 1.54) is 24.9 Å². The molecule has 2 N–H and O–H groups in total. The number of nitrogens with one attached hydrogen (secondary N) is 1. The monoisotopic (exact) mass is 520 g/mol. The van der Waals surface area contributed by atoms with Crippen LogP contribution in [0, 0.1) is 5.82 Å². The lowest BCUT2D eigenvalue weighted by atomic mass is 9.81. The molecule has 6 rings (SSSR count). The second-order valence-corrected chi connectivity index (χ2v) is 10.9. The number of likely N-dealkylation sites (tertiary alicyclic amines) is 1. The molecule has 9 heteroatoms. The molecule has 38 heavy (non-hydrogen) atoms. The second-order valence-electron chi connectivity index (χ2n) is 10.9. The van der Waals surface area contributed by atoms with Gasteiger partial charge in [0.05, 0.1) is 13.2 Å². The minimum Gasteiger partial charge on any atom is -0.508 e. The minimum atomic E-state index is -1.15. The van der Waals surface area contributed by atoms with Crippen molar-refractivity contribution in [2.75, 3.05) is 33.3 Å². The molecule has 8 nitrogen and oxygen atoms in total. The van der Waals surface area contributed by atoms with E-state index in [1.54, 1.807) is 42.2 Å². The Bertz CT molecular complexity index is 1420. The smallest absolute Gasteiger partial charge is 0.328 e. The van der Waals surface area contributed by atoms with Crippen LogP contribution in [-0.4, -0.2) is 75.6 Å².